The SMILES string of the molecule is OC(CCC1CC1)c1nccc2ccccc12. The Kier molecular flexibility index (Phi) is 2.81. The summed E-state index contributed by atoms with van der Waals surface area (Å²) in [7, 11) is 0. The molecule has 0 radical (unpaired) electrons. The van der Waals surface area contributed by atoms with Crippen LogP contribution in [-0.2, 0) is 0 Å². The van der Waals surface area contributed by atoms with Gasteiger partial charge in [0, 0.05) is 11.6 Å². The number of hydrogen-bond donors (Lipinski definition) is 1. The number of benzene rings is 1. The highest BCUT2D eigenvalue weighted by Crippen LogP contribution is 2.36. The molecule has 17 heavy (non-hydrogen) atoms. The second-order valence-corrected chi connectivity index (χ2v) is 4.95. The maximum atomic E-state index is 10.2. The molecule has 88 valence electrons. The van der Waals surface area contributed by atoms with Gasteiger partial charge in [0.15, 0.2) is 0 Å². The fourth-order valence-corrected chi connectivity index (χ4v) is 2.35. The molecule has 2 aromatic rings. The lowest BCUT2D eigenvalue weighted by atomic mass is 10.0. The van der Waals surface area contributed by atoms with E-state index in [2.05, 4.69) is 11.1 Å². The Morgan fingerprint density at radius 3 is 2.88 bits per heavy atom. The fraction of sp³-hybridized carbons (Fsp3) is 0.400. The summed E-state index contributed by atoms with van der Waals surface area (Å²) in [6.45, 7) is 0. The van der Waals surface area contributed by atoms with Crippen molar-refractivity contribution in [2.75, 3.05) is 0 Å². The number of aliphatic hydroxyl groups excluding tert-OH is 1. The minimum atomic E-state index is -0.415. The summed E-state index contributed by atoms with van der Waals surface area (Å²) in [5, 5.41) is 12.5. The van der Waals surface area contributed by atoms with E-state index in [1.54, 1.807) is 6.20 Å². The van der Waals surface area contributed by atoms with Gasteiger partial charge in [-0.15, -0.1) is 0 Å². The minimum Gasteiger partial charge on any atom is -0.387 e. The molecule has 2 heteroatoms. The standard InChI is InChI=1S/C15H17NO/c17-14(8-7-11-5-6-11)15-13-4-2-1-3-12(13)9-10-16-15/h1-4,9-11,14,17H,5-8H2. The van der Waals surface area contributed by atoms with E-state index in [9.17, 15) is 5.11 Å². The van der Waals surface area contributed by atoms with Gasteiger partial charge in [-0.3, -0.25) is 4.98 Å². The first-order valence-corrected chi connectivity index (χ1v) is 6.36. The van der Waals surface area contributed by atoms with Crippen molar-refractivity contribution in [3.8, 4) is 0 Å². The summed E-state index contributed by atoms with van der Waals surface area (Å²) in [5.41, 5.74) is 0.837. The number of hydrogen-bond acceptors (Lipinski definition) is 2. The number of pyridine rings is 1. The molecule has 1 aliphatic rings. The van der Waals surface area contributed by atoms with Gasteiger partial charge in [-0.1, -0.05) is 37.1 Å². The van der Waals surface area contributed by atoms with E-state index in [4.69, 9.17) is 0 Å². The zero-order chi connectivity index (χ0) is 11.7. The molecule has 0 spiro atoms. The van der Waals surface area contributed by atoms with Gasteiger partial charge >= 0.3 is 0 Å². The number of aromatic nitrogens is 1. The normalized spacial score (nSPS) is 17.2. The van der Waals surface area contributed by atoms with Crippen molar-refractivity contribution in [1.82, 2.24) is 4.98 Å². The van der Waals surface area contributed by atoms with Crippen LogP contribution in [0.3, 0.4) is 0 Å². The molecule has 2 nitrogen and oxygen atoms in total. The molecule has 1 aliphatic carbocycles. The lowest BCUT2D eigenvalue weighted by Gasteiger charge is -2.12. The van der Waals surface area contributed by atoms with E-state index in [0.717, 1.165) is 35.2 Å². The average molecular weight is 227 g/mol. The van der Waals surface area contributed by atoms with E-state index < -0.39 is 6.10 Å². The van der Waals surface area contributed by atoms with Crippen molar-refractivity contribution in [2.24, 2.45) is 5.92 Å². The van der Waals surface area contributed by atoms with Crippen molar-refractivity contribution in [2.45, 2.75) is 31.8 Å². The lowest BCUT2D eigenvalue weighted by Crippen LogP contribution is -2.01. The fourth-order valence-electron chi connectivity index (χ4n) is 2.35. The molecule has 1 aromatic carbocycles. The first-order chi connectivity index (χ1) is 8.34. The Morgan fingerprint density at radius 2 is 2.06 bits per heavy atom. The molecule has 3 rings (SSSR count). The van der Waals surface area contributed by atoms with Gasteiger partial charge in [-0.25, -0.2) is 0 Å². The van der Waals surface area contributed by atoms with Crippen LogP contribution in [0.4, 0.5) is 0 Å². The Balaban J connectivity index is 1.87. The van der Waals surface area contributed by atoms with Gasteiger partial charge < -0.3 is 5.11 Å². The topological polar surface area (TPSA) is 33.1 Å². The molecule has 1 heterocycles. The van der Waals surface area contributed by atoms with E-state index in [0.29, 0.717) is 0 Å². The Labute approximate surface area is 101 Å². The summed E-state index contributed by atoms with van der Waals surface area (Å²) in [4.78, 5) is 4.36. The van der Waals surface area contributed by atoms with Gasteiger partial charge in [0.05, 0.1) is 11.8 Å². The van der Waals surface area contributed by atoms with Crippen LogP contribution in [0.5, 0.6) is 0 Å². The molecule has 0 saturated heterocycles. The van der Waals surface area contributed by atoms with Gasteiger partial charge in [0.1, 0.15) is 0 Å². The molecule has 1 aromatic heterocycles. The van der Waals surface area contributed by atoms with E-state index in [1.807, 2.05) is 24.3 Å². The Bertz CT molecular complexity index is 514. The monoisotopic (exact) mass is 227 g/mol. The Morgan fingerprint density at radius 1 is 1.24 bits per heavy atom. The van der Waals surface area contributed by atoms with E-state index in [-0.39, 0.29) is 0 Å². The molecular formula is C15H17NO. The van der Waals surface area contributed by atoms with Gasteiger partial charge in [0.2, 0.25) is 0 Å². The molecule has 1 atom stereocenters. The smallest absolute Gasteiger partial charge is 0.0966 e. The number of fused-ring (bicyclic) bond motifs is 1. The van der Waals surface area contributed by atoms with Crippen molar-refractivity contribution in [3.05, 3.63) is 42.2 Å². The van der Waals surface area contributed by atoms with Gasteiger partial charge in [0.25, 0.3) is 0 Å². The molecule has 1 N–H and O–H groups in total. The van der Waals surface area contributed by atoms with Crippen molar-refractivity contribution >= 4 is 10.8 Å². The van der Waals surface area contributed by atoms with Crippen molar-refractivity contribution in [1.29, 1.82) is 0 Å². The van der Waals surface area contributed by atoms with Gasteiger partial charge in [-0.2, -0.15) is 0 Å². The highest BCUT2D eigenvalue weighted by atomic mass is 16.3. The zero-order valence-corrected chi connectivity index (χ0v) is 9.84. The average Bonchev–Trinajstić information content (AvgIpc) is 3.19. The summed E-state index contributed by atoms with van der Waals surface area (Å²) in [6, 6.07) is 10.1. The third-order valence-corrected chi connectivity index (χ3v) is 3.57. The van der Waals surface area contributed by atoms with Crippen LogP contribution in [0.25, 0.3) is 10.8 Å². The van der Waals surface area contributed by atoms with Crippen LogP contribution in [-0.4, -0.2) is 10.1 Å². The molecule has 0 amide bonds. The molecule has 0 bridgehead atoms. The van der Waals surface area contributed by atoms with Gasteiger partial charge in [-0.05, 0) is 30.2 Å². The first kappa shape index (κ1) is 10.7. The third-order valence-electron chi connectivity index (χ3n) is 3.57. The lowest BCUT2D eigenvalue weighted by molar-refractivity contribution is 0.159. The van der Waals surface area contributed by atoms with E-state index >= 15 is 0 Å². The molecule has 1 fully saturated rings. The van der Waals surface area contributed by atoms with Crippen molar-refractivity contribution < 1.29 is 5.11 Å². The largest absolute Gasteiger partial charge is 0.387 e. The van der Waals surface area contributed by atoms with Crippen molar-refractivity contribution in [3.63, 3.8) is 0 Å². The molecular weight excluding hydrogens is 210 g/mol. The van der Waals surface area contributed by atoms with Crippen LogP contribution in [0.15, 0.2) is 36.5 Å². The maximum absolute atomic E-state index is 10.2. The highest BCUT2D eigenvalue weighted by Gasteiger charge is 2.23. The third kappa shape index (κ3) is 2.32. The quantitative estimate of drug-likeness (QED) is 0.867. The van der Waals surface area contributed by atoms with Crippen LogP contribution in [0, 0.1) is 5.92 Å². The predicted molar refractivity (Wildman–Crippen MR) is 68.7 cm³/mol. The molecule has 1 unspecified atom stereocenters. The van der Waals surface area contributed by atoms with Crippen LogP contribution >= 0.6 is 0 Å². The summed E-state index contributed by atoms with van der Waals surface area (Å²) >= 11 is 0. The summed E-state index contributed by atoms with van der Waals surface area (Å²) < 4.78 is 0. The number of rotatable bonds is 4. The van der Waals surface area contributed by atoms with Crippen LogP contribution < -0.4 is 0 Å². The summed E-state index contributed by atoms with van der Waals surface area (Å²) in [5.74, 6) is 0.861. The van der Waals surface area contributed by atoms with E-state index in [1.165, 1.54) is 12.8 Å². The number of aliphatic hydroxyl groups is 1. The van der Waals surface area contributed by atoms with Crippen LogP contribution in [0.1, 0.15) is 37.5 Å². The second-order valence-electron chi connectivity index (χ2n) is 4.95. The zero-order valence-electron chi connectivity index (χ0n) is 9.84. The Hall–Kier alpha value is -1.41. The summed E-state index contributed by atoms with van der Waals surface area (Å²) in [6.07, 6.45) is 6.03. The highest BCUT2D eigenvalue weighted by molar-refractivity contribution is 5.84. The number of nitrogens with zero attached hydrogens (tertiary/aromatic N) is 1. The minimum absolute atomic E-state index is 0.415. The first-order valence-electron chi connectivity index (χ1n) is 6.36. The van der Waals surface area contributed by atoms with Crippen LogP contribution in [0.2, 0.25) is 0 Å². The maximum Gasteiger partial charge on any atom is 0.0966 e. The second kappa shape index (κ2) is 4.46. The molecule has 0 aliphatic heterocycles. The predicted octanol–water partition coefficient (Wildman–Crippen LogP) is 3.46. The molecule has 1 saturated carbocycles.